The third-order valence-corrected chi connectivity index (χ3v) is 13.2. The molecule has 0 aromatic heterocycles. The number of hydrogen-bond acceptors (Lipinski definition) is 7. The molecule has 2 amide bonds. The number of nitrogens with zero attached hydrogens (tertiary/aromatic N) is 5. The maximum absolute atomic E-state index is 13.7. The fourth-order valence-electron chi connectivity index (χ4n) is 9.24. The molecule has 9 rings (SSSR count). The molecule has 4 bridgehead atoms. The highest BCUT2D eigenvalue weighted by atomic mass is 32.2. The van der Waals surface area contributed by atoms with E-state index in [0.717, 1.165) is 54.9 Å². The first-order valence-electron chi connectivity index (χ1n) is 16.6. The smallest absolute Gasteiger partial charge is 0.322 e. The summed E-state index contributed by atoms with van der Waals surface area (Å²) in [4.78, 5) is 20.2. The Labute approximate surface area is 265 Å². The van der Waals surface area contributed by atoms with Gasteiger partial charge in [0.25, 0.3) is 10.2 Å². The summed E-state index contributed by atoms with van der Waals surface area (Å²) in [5.41, 5.74) is 3.55. The lowest BCUT2D eigenvalue weighted by Crippen LogP contribution is -2.63. The zero-order valence-electron chi connectivity index (χ0n) is 25.8. The second kappa shape index (κ2) is 11.4. The van der Waals surface area contributed by atoms with Gasteiger partial charge in [-0.25, -0.2) is 4.79 Å². The second-order valence-electron chi connectivity index (χ2n) is 13.9. The van der Waals surface area contributed by atoms with Crippen LogP contribution in [0.15, 0.2) is 48.5 Å². The number of aliphatic hydroxyl groups is 1. The fraction of sp³-hybridized carbons (Fsp3) is 0.606. The molecule has 2 aromatic carbocycles. The summed E-state index contributed by atoms with van der Waals surface area (Å²) in [5.74, 6) is 1.35. The number of benzene rings is 2. The van der Waals surface area contributed by atoms with E-state index < -0.39 is 15.8 Å². The van der Waals surface area contributed by atoms with Crippen molar-refractivity contribution in [3.63, 3.8) is 0 Å². The first kappa shape index (κ1) is 29.5. The lowest BCUT2D eigenvalue weighted by Gasteiger charge is -2.58. The summed E-state index contributed by atoms with van der Waals surface area (Å²) in [6.45, 7) is 5.20. The van der Waals surface area contributed by atoms with Gasteiger partial charge in [-0.3, -0.25) is 4.90 Å². The Morgan fingerprint density at radius 1 is 0.778 bits per heavy atom. The molecule has 12 heteroatoms. The van der Waals surface area contributed by atoms with E-state index in [1.165, 1.54) is 4.31 Å². The Bertz CT molecular complexity index is 1510. The van der Waals surface area contributed by atoms with Crippen molar-refractivity contribution < 1.29 is 23.1 Å². The van der Waals surface area contributed by atoms with Crippen LogP contribution in [0.5, 0.6) is 0 Å². The molecular weight excluding hydrogens is 592 g/mol. The van der Waals surface area contributed by atoms with Crippen LogP contribution < -0.4 is 20.0 Å². The van der Waals surface area contributed by atoms with Crippen LogP contribution in [0.25, 0.3) is 0 Å². The van der Waals surface area contributed by atoms with E-state index in [4.69, 9.17) is 4.74 Å². The largest absolute Gasteiger partial charge is 0.390 e. The molecule has 2 saturated heterocycles. The number of rotatable bonds is 5. The van der Waals surface area contributed by atoms with Gasteiger partial charge in [0.1, 0.15) is 0 Å². The van der Waals surface area contributed by atoms with Crippen LogP contribution in [0.4, 0.5) is 27.5 Å². The number of amides is 2. The number of hydrogen-bond donors (Lipinski definition) is 2. The first-order chi connectivity index (χ1) is 21.8. The molecule has 0 spiro atoms. The molecule has 45 heavy (non-hydrogen) atoms. The van der Waals surface area contributed by atoms with Crippen LogP contribution in [0.3, 0.4) is 0 Å². The molecule has 0 radical (unpaired) electrons. The zero-order valence-corrected chi connectivity index (χ0v) is 26.6. The predicted octanol–water partition coefficient (Wildman–Crippen LogP) is 2.99. The number of nitrogens with one attached hydrogen (secondary N) is 1. The Kier molecular flexibility index (Phi) is 7.48. The molecular formula is C33H44N6O5S. The van der Waals surface area contributed by atoms with Gasteiger partial charge in [0.05, 0.1) is 30.2 Å². The van der Waals surface area contributed by atoms with E-state index in [-0.39, 0.29) is 12.1 Å². The normalized spacial score (nSPS) is 32.1. The third kappa shape index (κ3) is 5.38. The maximum Gasteiger partial charge on any atom is 0.322 e. The van der Waals surface area contributed by atoms with E-state index in [0.29, 0.717) is 83.3 Å². The number of fused-ring (bicyclic) bond motifs is 1. The Morgan fingerprint density at radius 3 is 2.07 bits per heavy atom. The highest BCUT2D eigenvalue weighted by Crippen LogP contribution is 2.55. The van der Waals surface area contributed by atoms with Gasteiger partial charge in [0, 0.05) is 69.8 Å². The van der Waals surface area contributed by atoms with Crippen LogP contribution in [0.1, 0.15) is 32.1 Å². The van der Waals surface area contributed by atoms with Crippen molar-refractivity contribution in [2.45, 2.75) is 43.7 Å². The van der Waals surface area contributed by atoms with Gasteiger partial charge in [-0.15, -0.1) is 0 Å². The number of morpholine rings is 1. The molecule has 2 N–H and O–H groups in total. The van der Waals surface area contributed by atoms with Crippen LogP contribution in [-0.2, 0) is 14.9 Å². The van der Waals surface area contributed by atoms with Gasteiger partial charge in [0.2, 0.25) is 0 Å². The number of urea groups is 1. The van der Waals surface area contributed by atoms with E-state index in [1.54, 1.807) is 4.31 Å². The van der Waals surface area contributed by atoms with Gasteiger partial charge in [-0.1, -0.05) is 12.1 Å². The lowest BCUT2D eigenvalue weighted by atomic mass is 9.52. The SMILES string of the molecule is O=C(NC1[C@@H]2CC3C[C@H]1CC(O)(C3)C2)N1CCN(c2ccc(N3CCN(S(=O)(=O)N4CCOCC4)CC3)cc2)c2ccccc21. The minimum Gasteiger partial charge on any atom is -0.390 e. The Balaban J connectivity index is 0.924. The standard InChI is InChI=1S/C33H44N6O5S/c40-32(34-31-25-19-24-20-26(31)23-33(41,21-24)22-25)39-14-13-38(29-3-1-2-4-30(29)39)28-7-5-27(6-8-28)35-9-11-36(12-10-35)45(42,43)37-15-17-44-18-16-37/h1-8,24-26,31,41H,9-23H2,(H,34,40)/t24?,25-,26+,31?,33?. The number of ether oxygens (including phenoxy) is 1. The second-order valence-corrected chi connectivity index (χ2v) is 15.8. The molecule has 242 valence electrons. The van der Waals surface area contributed by atoms with Gasteiger partial charge in [-0.05, 0) is 86.3 Å². The monoisotopic (exact) mass is 636 g/mol. The Morgan fingerprint density at radius 2 is 1.40 bits per heavy atom. The molecule has 4 aliphatic carbocycles. The molecule has 2 aromatic rings. The van der Waals surface area contributed by atoms with Crippen LogP contribution in [0, 0.1) is 17.8 Å². The van der Waals surface area contributed by atoms with E-state index in [9.17, 15) is 18.3 Å². The zero-order chi connectivity index (χ0) is 30.8. The third-order valence-electron chi connectivity index (χ3n) is 11.2. The molecule has 3 unspecified atom stereocenters. The minimum absolute atomic E-state index is 0.0308. The average Bonchev–Trinajstić information content (AvgIpc) is 3.05. The molecule has 3 heterocycles. The predicted molar refractivity (Wildman–Crippen MR) is 173 cm³/mol. The highest BCUT2D eigenvalue weighted by Gasteiger charge is 2.55. The fourth-order valence-corrected chi connectivity index (χ4v) is 10.8. The first-order valence-corrected chi connectivity index (χ1v) is 18.0. The maximum atomic E-state index is 13.7. The molecule has 7 aliphatic rings. The summed E-state index contributed by atoms with van der Waals surface area (Å²) in [6.07, 6.45) is 4.80. The van der Waals surface area contributed by atoms with E-state index in [2.05, 4.69) is 45.4 Å². The summed E-state index contributed by atoms with van der Waals surface area (Å²) in [5, 5.41) is 14.4. The van der Waals surface area contributed by atoms with Gasteiger partial charge in [-0.2, -0.15) is 17.0 Å². The highest BCUT2D eigenvalue weighted by molar-refractivity contribution is 7.86. The van der Waals surface area contributed by atoms with E-state index in [1.807, 2.05) is 23.1 Å². The number of piperazine rings is 1. The molecule has 4 saturated carbocycles. The molecule has 5 atom stereocenters. The molecule has 6 fully saturated rings. The van der Waals surface area contributed by atoms with Crippen molar-refractivity contribution in [1.82, 2.24) is 13.9 Å². The van der Waals surface area contributed by atoms with Crippen LogP contribution >= 0.6 is 0 Å². The minimum atomic E-state index is -3.46. The van der Waals surface area contributed by atoms with Crippen molar-refractivity contribution >= 4 is 39.0 Å². The number of carbonyl (C=O) groups excluding carboxylic acids is 1. The Hall–Kier alpha value is -2.90. The lowest BCUT2D eigenvalue weighted by molar-refractivity contribution is -0.136. The van der Waals surface area contributed by atoms with Crippen molar-refractivity contribution in [2.24, 2.45) is 17.8 Å². The van der Waals surface area contributed by atoms with Crippen molar-refractivity contribution in [1.29, 1.82) is 0 Å². The number of carbonyl (C=O) groups is 1. The average molecular weight is 637 g/mol. The van der Waals surface area contributed by atoms with Crippen molar-refractivity contribution in [3.05, 3.63) is 48.5 Å². The van der Waals surface area contributed by atoms with Crippen molar-refractivity contribution in [2.75, 3.05) is 80.3 Å². The van der Waals surface area contributed by atoms with Gasteiger partial charge >= 0.3 is 6.03 Å². The quantitative estimate of drug-likeness (QED) is 0.520. The summed E-state index contributed by atoms with van der Waals surface area (Å²) >= 11 is 0. The molecule has 11 nitrogen and oxygen atoms in total. The van der Waals surface area contributed by atoms with Crippen molar-refractivity contribution in [3.8, 4) is 0 Å². The summed E-state index contributed by atoms with van der Waals surface area (Å²) < 4.78 is 34.6. The van der Waals surface area contributed by atoms with Gasteiger partial charge in [0.15, 0.2) is 0 Å². The summed E-state index contributed by atoms with van der Waals surface area (Å²) in [7, 11) is -3.46. The number of para-hydroxylation sites is 2. The molecule has 3 aliphatic heterocycles. The van der Waals surface area contributed by atoms with E-state index >= 15 is 0 Å². The van der Waals surface area contributed by atoms with Gasteiger partial charge < -0.3 is 25.0 Å². The number of anilines is 4. The topological polar surface area (TPSA) is 109 Å². The summed E-state index contributed by atoms with van der Waals surface area (Å²) in [6, 6.07) is 16.7. The van der Waals surface area contributed by atoms with Crippen LogP contribution in [0.2, 0.25) is 0 Å². The van der Waals surface area contributed by atoms with Crippen LogP contribution in [-0.4, -0.2) is 105 Å².